The number of anilines is 1. The van der Waals surface area contributed by atoms with Gasteiger partial charge in [-0.3, -0.25) is 0 Å². The van der Waals surface area contributed by atoms with E-state index < -0.39 is 0 Å². The van der Waals surface area contributed by atoms with E-state index in [-0.39, 0.29) is 0 Å². The molecular weight excluding hydrogens is 242 g/mol. The number of para-hydroxylation sites is 2. The van der Waals surface area contributed by atoms with E-state index in [0.717, 1.165) is 10.6 Å². The first-order chi connectivity index (χ1) is 8.72. The smallest absolute Gasteiger partial charge is 0.132 e. The molecule has 94 valence electrons. The lowest BCUT2D eigenvalue weighted by Gasteiger charge is -2.17. The van der Waals surface area contributed by atoms with E-state index in [2.05, 4.69) is 49.3 Å². The molecule has 0 aliphatic rings. The third-order valence-corrected chi connectivity index (χ3v) is 3.76. The summed E-state index contributed by atoms with van der Waals surface area (Å²) in [5, 5.41) is 0. The van der Waals surface area contributed by atoms with Gasteiger partial charge in [0.25, 0.3) is 0 Å². The van der Waals surface area contributed by atoms with Crippen LogP contribution in [0.15, 0.2) is 58.3 Å². The lowest BCUT2D eigenvalue weighted by atomic mass is 10.3. The van der Waals surface area contributed by atoms with E-state index in [0.29, 0.717) is 0 Å². The van der Waals surface area contributed by atoms with Crippen LogP contribution < -0.4 is 9.64 Å². The normalized spacial score (nSPS) is 10.2. The van der Waals surface area contributed by atoms with Crippen molar-refractivity contribution in [3.63, 3.8) is 0 Å². The fraction of sp³-hybridized carbons (Fsp3) is 0.200. The van der Waals surface area contributed by atoms with E-state index >= 15 is 0 Å². The molecule has 0 spiro atoms. The molecule has 2 nitrogen and oxygen atoms in total. The molecule has 0 bridgehead atoms. The van der Waals surface area contributed by atoms with E-state index in [9.17, 15) is 0 Å². The fourth-order valence-corrected chi connectivity index (χ4v) is 2.87. The summed E-state index contributed by atoms with van der Waals surface area (Å²) in [7, 11) is 5.82. The van der Waals surface area contributed by atoms with E-state index in [1.54, 1.807) is 18.9 Å². The standard InChI is InChI=1S/C15H17NOS/c1-16(2)12-8-4-6-10-14(12)18-15-11-7-5-9-13(15)17-3/h4-11H,1-3H3. The third-order valence-electron chi connectivity index (χ3n) is 2.64. The molecule has 0 atom stereocenters. The summed E-state index contributed by atoms with van der Waals surface area (Å²) in [6, 6.07) is 16.5. The van der Waals surface area contributed by atoms with Crippen LogP contribution in [0.3, 0.4) is 0 Å². The molecule has 0 N–H and O–H groups in total. The lowest BCUT2D eigenvalue weighted by molar-refractivity contribution is 0.405. The minimum Gasteiger partial charge on any atom is -0.496 e. The topological polar surface area (TPSA) is 12.5 Å². The Bertz CT molecular complexity index is 525. The van der Waals surface area contributed by atoms with Gasteiger partial charge in [-0.15, -0.1) is 0 Å². The van der Waals surface area contributed by atoms with Gasteiger partial charge in [-0.2, -0.15) is 0 Å². The number of ether oxygens (including phenoxy) is 1. The molecule has 3 heteroatoms. The predicted octanol–water partition coefficient (Wildman–Crippen LogP) is 3.91. The molecule has 2 aromatic rings. The zero-order valence-electron chi connectivity index (χ0n) is 10.9. The maximum Gasteiger partial charge on any atom is 0.132 e. The molecule has 0 heterocycles. The first kappa shape index (κ1) is 12.8. The van der Waals surface area contributed by atoms with Crippen molar-refractivity contribution < 1.29 is 4.74 Å². The molecule has 18 heavy (non-hydrogen) atoms. The maximum absolute atomic E-state index is 5.38. The Hall–Kier alpha value is -1.61. The molecule has 0 aromatic heterocycles. The highest BCUT2D eigenvalue weighted by atomic mass is 32.2. The van der Waals surface area contributed by atoms with Crippen LogP contribution in [0.4, 0.5) is 5.69 Å². The highest BCUT2D eigenvalue weighted by Gasteiger charge is 2.08. The molecular formula is C15H17NOS. The Labute approximate surface area is 113 Å². The number of benzene rings is 2. The van der Waals surface area contributed by atoms with Gasteiger partial charge in [-0.05, 0) is 24.3 Å². The van der Waals surface area contributed by atoms with Gasteiger partial charge in [-0.25, -0.2) is 0 Å². The highest BCUT2D eigenvalue weighted by Crippen LogP contribution is 2.38. The third kappa shape index (κ3) is 2.79. The average Bonchev–Trinajstić information content (AvgIpc) is 2.40. The number of hydrogen-bond acceptors (Lipinski definition) is 3. The van der Waals surface area contributed by atoms with Crippen molar-refractivity contribution in [3.8, 4) is 5.75 Å². The Morgan fingerprint density at radius 1 is 0.889 bits per heavy atom. The average molecular weight is 259 g/mol. The summed E-state index contributed by atoms with van der Waals surface area (Å²) >= 11 is 1.73. The summed E-state index contributed by atoms with van der Waals surface area (Å²) in [6.07, 6.45) is 0. The van der Waals surface area contributed by atoms with Gasteiger partial charge in [0.15, 0.2) is 0 Å². The van der Waals surface area contributed by atoms with Crippen LogP contribution in [-0.4, -0.2) is 21.2 Å². The summed E-state index contributed by atoms with van der Waals surface area (Å²) in [4.78, 5) is 4.49. The number of hydrogen-bond donors (Lipinski definition) is 0. The van der Waals surface area contributed by atoms with Gasteiger partial charge in [-0.1, -0.05) is 36.0 Å². The Balaban J connectivity index is 2.34. The van der Waals surface area contributed by atoms with E-state index in [1.165, 1.54) is 10.6 Å². The van der Waals surface area contributed by atoms with Gasteiger partial charge < -0.3 is 9.64 Å². The molecule has 0 saturated heterocycles. The zero-order valence-corrected chi connectivity index (χ0v) is 11.7. The molecule has 0 aliphatic carbocycles. The van der Waals surface area contributed by atoms with Crippen molar-refractivity contribution in [1.29, 1.82) is 0 Å². The molecule has 0 unspecified atom stereocenters. The van der Waals surface area contributed by atoms with Crippen LogP contribution in [0, 0.1) is 0 Å². The minimum atomic E-state index is 0.913. The van der Waals surface area contributed by atoms with Crippen molar-refractivity contribution in [3.05, 3.63) is 48.5 Å². The van der Waals surface area contributed by atoms with Crippen LogP contribution in [0.25, 0.3) is 0 Å². The van der Waals surface area contributed by atoms with Gasteiger partial charge >= 0.3 is 0 Å². The number of rotatable bonds is 4. The van der Waals surface area contributed by atoms with Gasteiger partial charge in [0, 0.05) is 19.0 Å². The first-order valence-corrected chi connectivity index (χ1v) is 6.61. The molecule has 0 amide bonds. The van der Waals surface area contributed by atoms with Crippen LogP contribution >= 0.6 is 11.8 Å². The largest absolute Gasteiger partial charge is 0.496 e. The molecule has 0 aliphatic heterocycles. The van der Waals surface area contributed by atoms with Crippen molar-refractivity contribution in [2.24, 2.45) is 0 Å². The van der Waals surface area contributed by atoms with Gasteiger partial charge in [0.1, 0.15) is 5.75 Å². The molecule has 2 rings (SSSR count). The van der Waals surface area contributed by atoms with Crippen molar-refractivity contribution in [2.75, 3.05) is 26.1 Å². The molecule has 0 fully saturated rings. The highest BCUT2D eigenvalue weighted by molar-refractivity contribution is 7.99. The van der Waals surface area contributed by atoms with Crippen LogP contribution in [0.2, 0.25) is 0 Å². The SMILES string of the molecule is COc1ccccc1Sc1ccccc1N(C)C. The second-order valence-corrected chi connectivity index (χ2v) is 5.20. The Morgan fingerprint density at radius 2 is 1.50 bits per heavy atom. The summed E-state index contributed by atoms with van der Waals surface area (Å²) in [6.45, 7) is 0. The summed E-state index contributed by atoms with van der Waals surface area (Å²) in [5.74, 6) is 0.913. The quantitative estimate of drug-likeness (QED) is 0.826. The Kier molecular flexibility index (Phi) is 4.15. The maximum atomic E-state index is 5.38. The van der Waals surface area contributed by atoms with E-state index in [1.807, 2.05) is 18.2 Å². The monoisotopic (exact) mass is 259 g/mol. The van der Waals surface area contributed by atoms with Crippen LogP contribution in [0.5, 0.6) is 5.75 Å². The van der Waals surface area contributed by atoms with Crippen LogP contribution in [-0.2, 0) is 0 Å². The molecule has 0 radical (unpaired) electrons. The van der Waals surface area contributed by atoms with Crippen molar-refractivity contribution in [1.82, 2.24) is 0 Å². The fourth-order valence-electron chi connectivity index (χ4n) is 1.73. The van der Waals surface area contributed by atoms with E-state index in [4.69, 9.17) is 4.74 Å². The number of nitrogens with zero attached hydrogens (tertiary/aromatic N) is 1. The van der Waals surface area contributed by atoms with Crippen LogP contribution in [0.1, 0.15) is 0 Å². The zero-order chi connectivity index (χ0) is 13.0. The van der Waals surface area contributed by atoms with Gasteiger partial charge in [0.2, 0.25) is 0 Å². The minimum absolute atomic E-state index is 0.913. The van der Waals surface area contributed by atoms with Crippen molar-refractivity contribution >= 4 is 17.4 Å². The second kappa shape index (κ2) is 5.83. The first-order valence-electron chi connectivity index (χ1n) is 5.79. The summed E-state index contributed by atoms with van der Waals surface area (Å²) in [5.41, 5.74) is 1.22. The second-order valence-electron chi connectivity index (χ2n) is 4.12. The van der Waals surface area contributed by atoms with Gasteiger partial charge in [0.05, 0.1) is 17.7 Å². The van der Waals surface area contributed by atoms with Crippen molar-refractivity contribution in [2.45, 2.75) is 9.79 Å². The lowest BCUT2D eigenvalue weighted by Crippen LogP contribution is -2.09. The molecule has 2 aromatic carbocycles. The predicted molar refractivity (Wildman–Crippen MR) is 77.9 cm³/mol. The summed E-state index contributed by atoms with van der Waals surface area (Å²) < 4.78 is 5.38. The number of methoxy groups -OCH3 is 1. The molecule has 0 saturated carbocycles. The Morgan fingerprint density at radius 3 is 2.17 bits per heavy atom.